The van der Waals surface area contributed by atoms with Crippen LogP contribution in [0, 0.1) is 17.0 Å². The molecule has 2 fully saturated rings. The number of nitrogens with two attached hydrogens (primary N) is 1. The molecule has 114 valence electrons. The third-order valence-electron chi connectivity index (χ3n) is 4.80. The molecule has 1 aromatic carbocycles. The van der Waals surface area contributed by atoms with Crippen LogP contribution >= 0.6 is 0 Å². The largest absolute Gasteiger partial charge is 0.381 e. The van der Waals surface area contributed by atoms with E-state index in [1.54, 1.807) is 7.11 Å². The Morgan fingerprint density at radius 2 is 2.19 bits per heavy atom. The average molecular weight is 295 g/mol. The van der Waals surface area contributed by atoms with Gasteiger partial charge in [0.25, 0.3) is 0 Å². The maximum absolute atomic E-state index is 13.5. The fourth-order valence-corrected chi connectivity index (χ4v) is 3.41. The highest BCUT2D eigenvalue weighted by Gasteiger charge is 2.58. The van der Waals surface area contributed by atoms with Crippen molar-refractivity contribution in [3.63, 3.8) is 0 Å². The number of halogens is 2. The minimum absolute atomic E-state index is 0.00141. The molecule has 0 aromatic heterocycles. The summed E-state index contributed by atoms with van der Waals surface area (Å²) in [5, 5.41) is 2.64. The molecule has 3 rings (SSSR count). The van der Waals surface area contributed by atoms with Crippen LogP contribution in [0.3, 0.4) is 0 Å². The van der Waals surface area contributed by atoms with Gasteiger partial charge in [-0.2, -0.15) is 0 Å². The van der Waals surface area contributed by atoms with Gasteiger partial charge in [0, 0.05) is 18.6 Å². The Hall–Kier alpha value is -1.69. The molecule has 2 atom stereocenters. The van der Waals surface area contributed by atoms with Gasteiger partial charge in [-0.1, -0.05) is 6.42 Å². The Morgan fingerprint density at radius 3 is 2.81 bits per heavy atom. The number of nitrogens with zero attached hydrogens (tertiary/aromatic N) is 1. The van der Waals surface area contributed by atoms with Crippen molar-refractivity contribution in [2.75, 3.05) is 12.4 Å². The van der Waals surface area contributed by atoms with Gasteiger partial charge in [-0.15, -0.1) is 0 Å². The van der Waals surface area contributed by atoms with Gasteiger partial charge in [0.2, 0.25) is 0 Å². The van der Waals surface area contributed by atoms with E-state index in [0.29, 0.717) is 0 Å². The van der Waals surface area contributed by atoms with E-state index >= 15 is 0 Å². The molecule has 0 heterocycles. The fourth-order valence-electron chi connectivity index (χ4n) is 3.41. The lowest BCUT2D eigenvalue weighted by molar-refractivity contribution is -0.150. The SMILES string of the molecule is COC1CC(N=C(N)Nc2cc(F)ccc2F)C12CCC2. The van der Waals surface area contributed by atoms with E-state index in [-0.39, 0.29) is 29.2 Å². The van der Waals surface area contributed by atoms with Gasteiger partial charge in [0.05, 0.1) is 17.8 Å². The van der Waals surface area contributed by atoms with Gasteiger partial charge in [0.15, 0.2) is 5.96 Å². The maximum Gasteiger partial charge on any atom is 0.193 e. The standard InChI is InChI=1S/C15H19F2N3O/c1-21-13-8-12(15(13)5-2-6-15)20-14(18)19-11-7-9(16)3-4-10(11)17/h3-4,7,12-13H,2,5-6,8H2,1H3,(H3,18,19,20). The van der Waals surface area contributed by atoms with E-state index in [2.05, 4.69) is 10.3 Å². The smallest absolute Gasteiger partial charge is 0.193 e. The molecule has 21 heavy (non-hydrogen) atoms. The van der Waals surface area contributed by atoms with Crippen molar-refractivity contribution in [3.8, 4) is 0 Å². The van der Waals surface area contributed by atoms with Crippen molar-refractivity contribution < 1.29 is 13.5 Å². The molecular weight excluding hydrogens is 276 g/mol. The molecule has 1 aromatic rings. The summed E-state index contributed by atoms with van der Waals surface area (Å²) in [4.78, 5) is 4.44. The molecule has 2 unspecified atom stereocenters. The van der Waals surface area contributed by atoms with Gasteiger partial charge in [-0.25, -0.2) is 13.8 Å². The van der Waals surface area contributed by atoms with Crippen molar-refractivity contribution in [3.05, 3.63) is 29.8 Å². The second-order valence-electron chi connectivity index (χ2n) is 5.83. The molecule has 2 saturated carbocycles. The van der Waals surface area contributed by atoms with Crippen LogP contribution in [0.1, 0.15) is 25.7 Å². The molecule has 4 nitrogen and oxygen atoms in total. The summed E-state index contributed by atoms with van der Waals surface area (Å²) in [7, 11) is 1.72. The summed E-state index contributed by atoms with van der Waals surface area (Å²) in [5.41, 5.74) is 5.93. The van der Waals surface area contributed by atoms with Crippen molar-refractivity contribution in [1.82, 2.24) is 0 Å². The number of benzene rings is 1. The van der Waals surface area contributed by atoms with E-state index < -0.39 is 11.6 Å². The van der Waals surface area contributed by atoms with Crippen LogP contribution in [0.2, 0.25) is 0 Å². The average Bonchev–Trinajstić information content (AvgIpc) is 2.36. The first-order valence-corrected chi connectivity index (χ1v) is 7.13. The lowest BCUT2D eigenvalue weighted by Gasteiger charge is -2.59. The Kier molecular flexibility index (Phi) is 3.57. The predicted molar refractivity (Wildman–Crippen MR) is 77.1 cm³/mol. The third kappa shape index (κ3) is 2.37. The number of hydrogen-bond acceptors (Lipinski definition) is 2. The molecule has 2 aliphatic rings. The third-order valence-corrected chi connectivity index (χ3v) is 4.80. The summed E-state index contributed by atoms with van der Waals surface area (Å²) in [6, 6.07) is 3.28. The van der Waals surface area contributed by atoms with Crippen molar-refractivity contribution in [2.45, 2.75) is 37.8 Å². The Balaban J connectivity index is 1.71. The van der Waals surface area contributed by atoms with Crippen LogP contribution in [0.25, 0.3) is 0 Å². The van der Waals surface area contributed by atoms with Crippen LogP contribution in [-0.2, 0) is 4.74 Å². The molecule has 0 radical (unpaired) electrons. The number of rotatable bonds is 3. The van der Waals surface area contributed by atoms with Crippen LogP contribution < -0.4 is 11.1 Å². The van der Waals surface area contributed by atoms with Crippen LogP contribution in [-0.4, -0.2) is 25.2 Å². The van der Waals surface area contributed by atoms with Crippen molar-refractivity contribution in [2.24, 2.45) is 16.1 Å². The van der Waals surface area contributed by atoms with E-state index in [4.69, 9.17) is 10.5 Å². The molecule has 0 bridgehead atoms. The molecule has 0 saturated heterocycles. The van der Waals surface area contributed by atoms with Gasteiger partial charge in [-0.3, -0.25) is 0 Å². The first-order valence-electron chi connectivity index (χ1n) is 7.13. The number of hydrogen-bond donors (Lipinski definition) is 2. The second-order valence-corrected chi connectivity index (χ2v) is 5.83. The number of guanidine groups is 1. The van der Waals surface area contributed by atoms with Crippen LogP contribution in [0.5, 0.6) is 0 Å². The fraction of sp³-hybridized carbons (Fsp3) is 0.533. The summed E-state index contributed by atoms with van der Waals surface area (Å²) in [6.45, 7) is 0. The van der Waals surface area contributed by atoms with Crippen LogP contribution in [0.15, 0.2) is 23.2 Å². The Bertz CT molecular complexity index is 572. The first-order chi connectivity index (χ1) is 10.0. The molecule has 6 heteroatoms. The topological polar surface area (TPSA) is 59.6 Å². The minimum Gasteiger partial charge on any atom is -0.381 e. The zero-order valence-electron chi connectivity index (χ0n) is 11.9. The van der Waals surface area contributed by atoms with E-state index in [0.717, 1.165) is 37.5 Å². The number of aliphatic imine (C=N–C) groups is 1. The van der Waals surface area contributed by atoms with Crippen LogP contribution in [0.4, 0.5) is 14.5 Å². The lowest BCUT2D eigenvalue weighted by Crippen LogP contribution is -2.61. The highest BCUT2D eigenvalue weighted by molar-refractivity contribution is 5.92. The lowest BCUT2D eigenvalue weighted by atomic mass is 9.51. The molecular formula is C15H19F2N3O. The first kappa shape index (κ1) is 14.3. The molecule has 0 aliphatic heterocycles. The van der Waals surface area contributed by atoms with Gasteiger partial charge in [0.1, 0.15) is 11.6 Å². The second kappa shape index (κ2) is 5.26. The minimum atomic E-state index is -0.559. The number of methoxy groups -OCH3 is 1. The zero-order chi connectivity index (χ0) is 15.0. The summed E-state index contributed by atoms with van der Waals surface area (Å²) in [6.07, 6.45) is 4.41. The summed E-state index contributed by atoms with van der Waals surface area (Å²) < 4.78 is 32.1. The summed E-state index contributed by atoms with van der Waals surface area (Å²) in [5.74, 6) is -0.966. The normalized spacial score (nSPS) is 27.1. The predicted octanol–water partition coefficient (Wildman–Crippen LogP) is 2.65. The highest BCUT2D eigenvalue weighted by atomic mass is 19.1. The Morgan fingerprint density at radius 1 is 1.43 bits per heavy atom. The van der Waals surface area contributed by atoms with Gasteiger partial charge >= 0.3 is 0 Å². The van der Waals surface area contributed by atoms with Gasteiger partial charge < -0.3 is 15.8 Å². The quantitative estimate of drug-likeness (QED) is 0.666. The number of nitrogens with one attached hydrogen (secondary N) is 1. The van der Waals surface area contributed by atoms with Crippen molar-refractivity contribution >= 4 is 11.6 Å². The van der Waals surface area contributed by atoms with E-state index in [1.807, 2.05) is 0 Å². The highest BCUT2D eigenvalue weighted by Crippen LogP contribution is 2.58. The van der Waals surface area contributed by atoms with E-state index in [1.165, 1.54) is 6.42 Å². The number of ether oxygens (including phenoxy) is 1. The maximum atomic E-state index is 13.5. The molecule has 1 spiro atoms. The Labute approximate surface area is 122 Å². The molecule has 2 aliphatic carbocycles. The summed E-state index contributed by atoms with van der Waals surface area (Å²) >= 11 is 0. The monoisotopic (exact) mass is 295 g/mol. The number of anilines is 1. The molecule has 3 N–H and O–H groups in total. The van der Waals surface area contributed by atoms with Crippen molar-refractivity contribution in [1.29, 1.82) is 0 Å². The van der Waals surface area contributed by atoms with E-state index in [9.17, 15) is 8.78 Å². The molecule has 0 amide bonds. The zero-order valence-corrected chi connectivity index (χ0v) is 11.9. The van der Waals surface area contributed by atoms with Gasteiger partial charge in [-0.05, 0) is 31.4 Å².